The van der Waals surface area contributed by atoms with Crippen LogP contribution in [0, 0.1) is 0 Å². The minimum atomic E-state index is 0.131. The molecule has 2 rings (SSSR count). The molecule has 2 aromatic rings. The van der Waals surface area contributed by atoms with Crippen molar-refractivity contribution < 1.29 is 14.3 Å². The fourth-order valence-electron chi connectivity index (χ4n) is 2.49. The van der Waals surface area contributed by atoms with Gasteiger partial charge in [0, 0.05) is 20.0 Å². The molecule has 0 unspecified atom stereocenters. The molecule has 0 radical (unpaired) electrons. The molecule has 0 saturated heterocycles. The Hall–Kier alpha value is -2.49. The van der Waals surface area contributed by atoms with Crippen molar-refractivity contribution in [3.8, 4) is 11.5 Å². The van der Waals surface area contributed by atoms with E-state index in [1.807, 2.05) is 62.5 Å². The van der Waals surface area contributed by atoms with Crippen molar-refractivity contribution in [1.29, 1.82) is 0 Å². The number of benzene rings is 2. The van der Waals surface area contributed by atoms with E-state index in [9.17, 15) is 4.79 Å². The fraction of sp³-hybridized carbons (Fsp3) is 0.350. The zero-order valence-corrected chi connectivity index (χ0v) is 14.6. The van der Waals surface area contributed by atoms with Gasteiger partial charge in [-0.15, -0.1) is 0 Å². The van der Waals surface area contributed by atoms with Gasteiger partial charge in [-0.05, 0) is 48.7 Å². The summed E-state index contributed by atoms with van der Waals surface area (Å²) in [6.45, 7) is 3.22. The van der Waals surface area contributed by atoms with Crippen molar-refractivity contribution in [2.75, 3.05) is 20.8 Å². The van der Waals surface area contributed by atoms with Crippen LogP contribution >= 0.6 is 0 Å². The lowest BCUT2D eigenvalue weighted by atomic mass is 10.1. The topological polar surface area (TPSA) is 38.8 Å². The molecule has 0 heterocycles. The number of nitrogens with zero attached hydrogens (tertiary/aromatic N) is 1. The summed E-state index contributed by atoms with van der Waals surface area (Å²) in [4.78, 5) is 14.1. The summed E-state index contributed by atoms with van der Waals surface area (Å²) in [7, 11) is 3.49. The summed E-state index contributed by atoms with van der Waals surface area (Å²) in [6, 6.07) is 15.7. The van der Waals surface area contributed by atoms with Crippen molar-refractivity contribution in [2.24, 2.45) is 0 Å². The normalized spacial score (nSPS) is 10.3. The van der Waals surface area contributed by atoms with Crippen LogP contribution in [0.2, 0.25) is 0 Å². The molecule has 0 N–H and O–H groups in total. The second kappa shape index (κ2) is 8.96. The Kier molecular flexibility index (Phi) is 6.67. The molecule has 0 aromatic heterocycles. The number of amides is 1. The third-order valence-electron chi connectivity index (χ3n) is 3.84. The molecule has 0 aliphatic heterocycles. The minimum absolute atomic E-state index is 0.131. The van der Waals surface area contributed by atoms with E-state index in [0.717, 1.165) is 22.6 Å². The Morgan fingerprint density at radius 1 is 1.04 bits per heavy atom. The highest BCUT2D eigenvalue weighted by molar-refractivity contribution is 5.76. The summed E-state index contributed by atoms with van der Waals surface area (Å²) in [6.07, 6.45) is 1.20. The third kappa shape index (κ3) is 5.30. The summed E-state index contributed by atoms with van der Waals surface area (Å²) in [5.41, 5.74) is 2.20. The van der Waals surface area contributed by atoms with Crippen LogP contribution in [-0.2, 0) is 17.8 Å². The predicted molar refractivity (Wildman–Crippen MR) is 95.4 cm³/mol. The Labute approximate surface area is 144 Å². The van der Waals surface area contributed by atoms with Gasteiger partial charge in [-0.25, -0.2) is 0 Å². The predicted octanol–water partition coefficient (Wildman–Crippen LogP) is 3.69. The Bertz CT molecular complexity index is 652. The number of methoxy groups -OCH3 is 1. The van der Waals surface area contributed by atoms with Crippen molar-refractivity contribution in [3.63, 3.8) is 0 Å². The van der Waals surface area contributed by atoms with E-state index in [1.54, 1.807) is 12.0 Å². The highest BCUT2D eigenvalue weighted by Gasteiger charge is 2.10. The zero-order valence-electron chi connectivity index (χ0n) is 14.6. The van der Waals surface area contributed by atoms with Gasteiger partial charge in [0.05, 0.1) is 13.7 Å². The Morgan fingerprint density at radius 3 is 2.46 bits per heavy atom. The molecule has 4 nitrogen and oxygen atoms in total. The molecular weight excluding hydrogens is 302 g/mol. The van der Waals surface area contributed by atoms with Gasteiger partial charge >= 0.3 is 0 Å². The maximum absolute atomic E-state index is 12.3. The molecule has 128 valence electrons. The molecule has 0 aliphatic carbocycles. The van der Waals surface area contributed by atoms with Crippen LogP contribution in [0.25, 0.3) is 0 Å². The number of rotatable bonds is 8. The lowest BCUT2D eigenvalue weighted by Gasteiger charge is -2.17. The number of aryl methyl sites for hydroxylation is 1. The highest BCUT2D eigenvalue weighted by atomic mass is 16.5. The van der Waals surface area contributed by atoms with Gasteiger partial charge in [0.25, 0.3) is 0 Å². The third-order valence-corrected chi connectivity index (χ3v) is 3.84. The molecule has 0 saturated carbocycles. The van der Waals surface area contributed by atoms with Gasteiger partial charge in [-0.2, -0.15) is 0 Å². The van der Waals surface area contributed by atoms with Crippen LogP contribution in [0.15, 0.2) is 48.5 Å². The summed E-state index contributed by atoms with van der Waals surface area (Å²) >= 11 is 0. The molecule has 1 amide bonds. The SMILES string of the molecule is CCOc1ccc(CN(C)C(=O)CCc2cccc(OC)c2)cc1. The molecule has 0 atom stereocenters. The van der Waals surface area contributed by atoms with Crippen molar-refractivity contribution in [1.82, 2.24) is 4.90 Å². The Balaban J connectivity index is 1.85. The van der Waals surface area contributed by atoms with Gasteiger partial charge in [-0.1, -0.05) is 24.3 Å². The van der Waals surface area contributed by atoms with Gasteiger partial charge in [0.2, 0.25) is 5.91 Å². The molecule has 24 heavy (non-hydrogen) atoms. The monoisotopic (exact) mass is 327 g/mol. The molecule has 4 heteroatoms. The van der Waals surface area contributed by atoms with Gasteiger partial charge < -0.3 is 14.4 Å². The fourth-order valence-corrected chi connectivity index (χ4v) is 2.49. The molecule has 0 fully saturated rings. The van der Waals surface area contributed by atoms with E-state index in [2.05, 4.69) is 0 Å². The van der Waals surface area contributed by atoms with Crippen molar-refractivity contribution in [3.05, 3.63) is 59.7 Å². The summed E-state index contributed by atoms with van der Waals surface area (Å²) < 4.78 is 10.6. The average Bonchev–Trinajstić information content (AvgIpc) is 2.61. The van der Waals surface area contributed by atoms with E-state index in [0.29, 0.717) is 26.0 Å². The van der Waals surface area contributed by atoms with E-state index >= 15 is 0 Å². The first-order chi connectivity index (χ1) is 11.6. The van der Waals surface area contributed by atoms with Crippen molar-refractivity contribution >= 4 is 5.91 Å². The smallest absolute Gasteiger partial charge is 0.222 e. The van der Waals surface area contributed by atoms with Crippen LogP contribution in [-0.4, -0.2) is 31.6 Å². The second-order valence-corrected chi connectivity index (χ2v) is 5.68. The summed E-state index contributed by atoms with van der Waals surface area (Å²) in [5.74, 6) is 1.81. The van der Waals surface area contributed by atoms with Crippen LogP contribution in [0.5, 0.6) is 11.5 Å². The van der Waals surface area contributed by atoms with E-state index in [4.69, 9.17) is 9.47 Å². The molecule has 2 aromatic carbocycles. The quantitative estimate of drug-likeness (QED) is 0.742. The zero-order chi connectivity index (χ0) is 17.4. The van der Waals surface area contributed by atoms with E-state index in [-0.39, 0.29) is 5.91 Å². The number of carbonyl (C=O) groups excluding carboxylic acids is 1. The lowest BCUT2D eigenvalue weighted by molar-refractivity contribution is -0.130. The number of hydrogen-bond donors (Lipinski definition) is 0. The molecule has 0 bridgehead atoms. The highest BCUT2D eigenvalue weighted by Crippen LogP contribution is 2.16. The van der Waals surface area contributed by atoms with Crippen LogP contribution < -0.4 is 9.47 Å². The van der Waals surface area contributed by atoms with Crippen LogP contribution in [0.1, 0.15) is 24.5 Å². The molecule has 0 aliphatic rings. The van der Waals surface area contributed by atoms with Crippen LogP contribution in [0.4, 0.5) is 0 Å². The van der Waals surface area contributed by atoms with E-state index in [1.165, 1.54) is 0 Å². The van der Waals surface area contributed by atoms with Gasteiger partial charge in [0.1, 0.15) is 11.5 Å². The van der Waals surface area contributed by atoms with Gasteiger partial charge in [-0.3, -0.25) is 4.79 Å². The molecular formula is C20H25NO3. The number of carbonyl (C=O) groups is 1. The van der Waals surface area contributed by atoms with Gasteiger partial charge in [0.15, 0.2) is 0 Å². The first-order valence-corrected chi connectivity index (χ1v) is 8.21. The Morgan fingerprint density at radius 2 is 1.79 bits per heavy atom. The molecule has 0 spiro atoms. The average molecular weight is 327 g/mol. The lowest BCUT2D eigenvalue weighted by Crippen LogP contribution is -2.26. The number of hydrogen-bond acceptors (Lipinski definition) is 3. The van der Waals surface area contributed by atoms with Crippen molar-refractivity contribution in [2.45, 2.75) is 26.3 Å². The first-order valence-electron chi connectivity index (χ1n) is 8.21. The second-order valence-electron chi connectivity index (χ2n) is 5.68. The maximum atomic E-state index is 12.3. The minimum Gasteiger partial charge on any atom is -0.497 e. The van der Waals surface area contributed by atoms with E-state index < -0.39 is 0 Å². The largest absolute Gasteiger partial charge is 0.497 e. The first kappa shape index (κ1) is 17.9. The number of ether oxygens (including phenoxy) is 2. The standard InChI is InChI=1S/C20H25NO3/c1-4-24-18-11-8-17(9-12-18)15-21(2)20(22)13-10-16-6-5-7-19(14-16)23-3/h5-9,11-12,14H,4,10,13,15H2,1-3H3. The maximum Gasteiger partial charge on any atom is 0.222 e. The summed E-state index contributed by atoms with van der Waals surface area (Å²) in [5, 5.41) is 0. The van der Waals surface area contributed by atoms with Crippen LogP contribution in [0.3, 0.4) is 0 Å².